The lowest BCUT2D eigenvalue weighted by Gasteiger charge is -2.39. The van der Waals surface area contributed by atoms with Gasteiger partial charge < -0.3 is 10.0 Å². The molecule has 1 aliphatic rings. The molecule has 1 fully saturated rings. The minimum atomic E-state index is -1.000. The van der Waals surface area contributed by atoms with E-state index in [1.807, 2.05) is 7.05 Å². The molecular weight excluding hydrogens is 264 g/mol. The molecule has 0 spiro atoms. The Labute approximate surface area is 126 Å². The van der Waals surface area contributed by atoms with Crippen LogP contribution in [0.25, 0.3) is 0 Å². The third-order valence-electron chi connectivity index (χ3n) is 4.60. The fourth-order valence-electron chi connectivity index (χ4n) is 3.03. The summed E-state index contributed by atoms with van der Waals surface area (Å²) in [6, 6.07) is 7.32. The molecule has 2 rings (SSSR count). The van der Waals surface area contributed by atoms with Crippen molar-refractivity contribution in [3.63, 3.8) is 0 Å². The molecule has 0 radical (unpaired) electrons. The lowest BCUT2D eigenvalue weighted by molar-refractivity contribution is 0.0697. The molecule has 1 aliphatic carbocycles. The molecule has 0 aliphatic heterocycles. The predicted octanol–water partition coefficient (Wildman–Crippen LogP) is 3.66. The van der Waals surface area contributed by atoms with Crippen molar-refractivity contribution in [3.8, 4) is 6.07 Å². The smallest absolute Gasteiger partial charge is 0.335 e. The highest BCUT2D eigenvalue weighted by molar-refractivity contribution is 5.89. The Morgan fingerprint density at radius 1 is 1.38 bits per heavy atom. The van der Waals surface area contributed by atoms with E-state index in [4.69, 9.17) is 5.11 Å². The molecule has 0 amide bonds. The van der Waals surface area contributed by atoms with Crippen molar-refractivity contribution in [3.05, 3.63) is 29.3 Å². The number of aromatic carboxylic acids is 1. The average molecular weight is 286 g/mol. The number of nitriles is 1. The zero-order valence-corrected chi connectivity index (χ0v) is 12.9. The van der Waals surface area contributed by atoms with Crippen molar-refractivity contribution in [1.29, 1.82) is 5.26 Å². The standard InChI is InChI=1S/C17H22N2O2/c1-17(2)8-6-14(7-9-17)19(3)15-5-4-12(16(20)21)10-13(15)11-18/h4-5,10,14H,6-9H2,1-3H3,(H,20,21). The molecular formula is C17H22N2O2. The molecule has 1 N–H and O–H groups in total. The van der Waals surface area contributed by atoms with Gasteiger partial charge in [0.05, 0.1) is 16.8 Å². The maximum absolute atomic E-state index is 11.0. The van der Waals surface area contributed by atoms with Gasteiger partial charge in [0.2, 0.25) is 0 Å². The first-order valence-electron chi connectivity index (χ1n) is 7.34. The van der Waals surface area contributed by atoms with E-state index in [1.165, 1.54) is 18.9 Å². The molecule has 1 aromatic rings. The third-order valence-corrected chi connectivity index (χ3v) is 4.60. The summed E-state index contributed by atoms with van der Waals surface area (Å²) < 4.78 is 0. The van der Waals surface area contributed by atoms with Crippen LogP contribution in [-0.4, -0.2) is 24.2 Å². The fraction of sp³-hybridized carbons (Fsp3) is 0.529. The SMILES string of the molecule is CN(c1ccc(C(=O)O)cc1C#N)C1CCC(C)(C)CC1. The Hall–Kier alpha value is -2.02. The number of hydrogen-bond donors (Lipinski definition) is 1. The summed E-state index contributed by atoms with van der Waals surface area (Å²) >= 11 is 0. The number of carboxylic acids is 1. The number of hydrogen-bond acceptors (Lipinski definition) is 3. The van der Waals surface area contributed by atoms with Gasteiger partial charge in [-0.2, -0.15) is 5.26 Å². The van der Waals surface area contributed by atoms with Crippen molar-refractivity contribution in [2.45, 2.75) is 45.6 Å². The van der Waals surface area contributed by atoms with E-state index in [9.17, 15) is 10.1 Å². The van der Waals surface area contributed by atoms with Crippen molar-refractivity contribution >= 4 is 11.7 Å². The average Bonchev–Trinajstić information content (AvgIpc) is 2.45. The third kappa shape index (κ3) is 3.36. The number of anilines is 1. The van der Waals surface area contributed by atoms with Gasteiger partial charge in [-0.25, -0.2) is 4.79 Å². The summed E-state index contributed by atoms with van der Waals surface area (Å²) in [5.41, 5.74) is 1.82. The van der Waals surface area contributed by atoms with Crippen LogP contribution in [0.1, 0.15) is 55.5 Å². The molecule has 1 saturated carbocycles. The summed E-state index contributed by atoms with van der Waals surface area (Å²) in [6.07, 6.45) is 4.57. The second-order valence-corrected chi connectivity index (χ2v) is 6.66. The van der Waals surface area contributed by atoms with Gasteiger partial charge in [-0.15, -0.1) is 0 Å². The molecule has 0 atom stereocenters. The highest BCUT2D eigenvalue weighted by Crippen LogP contribution is 2.38. The van der Waals surface area contributed by atoms with E-state index in [2.05, 4.69) is 24.8 Å². The van der Waals surface area contributed by atoms with Gasteiger partial charge in [0.15, 0.2) is 0 Å². The monoisotopic (exact) mass is 286 g/mol. The Kier molecular flexibility index (Phi) is 4.22. The lowest BCUT2D eigenvalue weighted by Crippen LogP contribution is -2.37. The minimum absolute atomic E-state index is 0.161. The van der Waals surface area contributed by atoms with Crippen LogP contribution in [0, 0.1) is 16.7 Å². The van der Waals surface area contributed by atoms with Gasteiger partial charge in [-0.1, -0.05) is 13.8 Å². The highest BCUT2D eigenvalue weighted by atomic mass is 16.4. The van der Waals surface area contributed by atoms with E-state index in [-0.39, 0.29) is 5.56 Å². The zero-order valence-electron chi connectivity index (χ0n) is 12.9. The molecule has 0 unspecified atom stereocenters. The van der Waals surface area contributed by atoms with Crippen LogP contribution in [0.4, 0.5) is 5.69 Å². The van der Waals surface area contributed by atoms with E-state index in [0.29, 0.717) is 17.0 Å². The van der Waals surface area contributed by atoms with Crippen LogP contribution < -0.4 is 4.90 Å². The largest absolute Gasteiger partial charge is 0.478 e. The van der Waals surface area contributed by atoms with Crippen LogP contribution in [0.2, 0.25) is 0 Å². The van der Waals surface area contributed by atoms with E-state index in [1.54, 1.807) is 12.1 Å². The number of carboxylic acid groups (broad SMARTS) is 1. The van der Waals surface area contributed by atoms with Gasteiger partial charge in [0.25, 0.3) is 0 Å². The molecule has 4 nitrogen and oxygen atoms in total. The molecule has 112 valence electrons. The van der Waals surface area contributed by atoms with Gasteiger partial charge in [0, 0.05) is 13.1 Å². The molecule has 0 heterocycles. The normalized spacial score (nSPS) is 18.0. The molecule has 0 bridgehead atoms. The number of benzene rings is 1. The van der Waals surface area contributed by atoms with Crippen LogP contribution in [-0.2, 0) is 0 Å². The van der Waals surface area contributed by atoms with Crippen molar-refractivity contribution in [2.75, 3.05) is 11.9 Å². The number of nitrogens with zero attached hydrogens (tertiary/aromatic N) is 2. The molecule has 0 aromatic heterocycles. The van der Waals surface area contributed by atoms with Crippen LogP contribution in [0.3, 0.4) is 0 Å². The van der Waals surface area contributed by atoms with Crippen molar-refractivity contribution in [2.24, 2.45) is 5.41 Å². The fourth-order valence-corrected chi connectivity index (χ4v) is 3.03. The molecule has 1 aromatic carbocycles. The Balaban J connectivity index is 2.22. The van der Waals surface area contributed by atoms with Gasteiger partial charge in [-0.05, 0) is 49.3 Å². The maximum Gasteiger partial charge on any atom is 0.335 e. The second kappa shape index (κ2) is 5.77. The Morgan fingerprint density at radius 3 is 2.52 bits per heavy atom. The highest BCUT2D eigenvalue weighted by Gasteiger charge is 2.29. The lowest BCUT2D eigenvalue weighted by atomic mass is 9.75. The summed E-state index contributed by atoms with van der Waals surface area (Å²) in [5.74, 6) is -1.000. The maximum atomic E-state index is 11.0. The summed E-state index contributed by atoms with van der Waals surface area (Å²) in [7, 11) is 2.00. The second-order valence-electron chi connectivity index (χ2n) is 6.66. The molecule has 21 heavy (non-hydrogen) atoms. The van der Waals surface area contributed by atoms with E-state index in [0.717, 1.165) is 18.5 Å². The Morgan fingerprint density at radius 2 is 2.00 bits per heavy atom. The first-order chi connectivity index (χ1) is 9.84. The Bertz CT molecular complexity index is 577. The summed E-state index contributed by atoms with van der Waals surface area (Å²) in [6.45, 7) is 4.59. The first-order valence-corrected chi connectivity index (χ1v) is 7.34. The summed E-state index contributed by atoms with van der Waals surface area (Å²) in [5, 5.41) is 18.3. The molecule has 4 heteroatoms. The summed E-state index contributed by atoms with van der Waals surface area (Å²) in [4.78, 5) is 13.1. The first kappa shape index (κ1) is 15.4. The van der Waals surface area contributed by atoms with Gasteiger partial charge in [0.1, 0.15) is 6.07 Å². The van der Waals surface area contributed by atoms with Crippen LogP contribution in [0.15, 0.2) is 18.2 Å². The van der Waals surface area contributed by atoms with E-state index < -0.39 is 5.97 Å². The van der Waals surface area contributed by atoms with Gasteiger partial charge >= 0.3 is 5.97 Å². The van der Waals surface area contributed by atoms with Crippen molar-refractivity contribution in [1.82, 2.24) is 0 Å². The van der Waals surface area contributed by atoms with E-state index >= 15 is 0 Å². The zero-order chi connectivity index (χ0) is 15.6. The van der Waals surface area contributed by atoms with Crippen molar-refractivity contribution < 1.29 is 9.90 Å². The predicted molar refractivity (Wildman–Crippen MR) is 82.6 cm³/mol. The van der Waals surface area contributed by atoms with Gasteiger partial charge in [-0.3, -0.25) is 0 Å². The minimum Gasteiger partial charge on any atom is -0.478 e. The number of carbonyl (C=O) groups is 1. The topological polar surface area (TPSA) is 64.3 Å². The molecule has 0 saturated heterocycles. The van der Waals surface area contributed by atoms with Crippen LogP contribution >= 0.6 is 0 Å². The van der Waals surface area contributed by atoms with Crippen LogP contribution in [0.5, 0.6) is 0 Å². The number of rotatable bonds is 3. The quantitative estimate of drug-likeness (QED) is 0.921.